The number of nitrogens with two attached hydrogens (primary N) is 1. The van der Waals surface area contributed by atoms with Crippen molar-refractivity contribution in [3.05, 3.63) is 29.8 Å². The first kappa shape index (κ1) is 11.4. The number of aromatic nitrogens is 4. The second kappa shape index (κ2) is 4.82. The van der Waals surface area contributed by atoms with Gasteiger partial charge in [0.25, 0.3) is 0 Å². The molecule has 2 rings (SSSR count). The molecular weight excluding hydrogens is 216 g/mol. The van der Waals surface area contributed by atoms with Gasteiger partial charge in [-0.3, -0.25) is 4.68 Å². The van der Waals surface area contributed by atoms with Gasteiger partial charge in [0, 0.05) is 37.7 Å². The van der Waals surface area contributed by atoms with Crippen LogP contribution in [-0.2, 0) is 20.0 Å². The van der Waals surface area contributed by atoms with E-state index in [2.05, 4.69) is 27.3 Å². The van der Waals surface area contributed by atoms with Gasteiger partial charge in [-0.1, -0.05) is 6.92 Å². The van der Waals surface area contributed by atoms with Crippen LogP contribution in [0.2, 0.25) is 0 Å². The number of hydrogen-bond donors (Lipinski definition) is 2. The summed E-state index contributed by atoms with van der Waals surface area (Å²) in [6, 6.07) is 0. The topological polar surface area (TPSA) is 81.7 Å². The Morgan fingerprint density at radius 2 is 2.12 bits per heavy atom. The minimum Gasteiger partial charge on any atom is -0.381 e. The molecule has 0 fully saturated rings. The van der Waals surface area contributed by atoms with E-state index >= 15 is 0 Å². The Kier molecular flexibility index (Phi) is 3.22. The molecule has 6 heteroatoms. The fraction of sp³-hybridized carbons (Fsp3) is 0.364. The first-order valence-electron chi connectivity index (χ1n) is 5.52. The van der Waals surface area contributed by atoms with E-state index in [0.29, 0.717) is 18.2 Å². The van der Waals surface area contributed by atoms with Crippen molar-refractivity contribution in [1.29, 1.82) is 0 Å². The average Bonchev–Trinajstić information content (AvgIpc) is 2.69. The van der Waals surface area contributed by atoms with E-state index in [4.69, 9.17) is 5.73 Å². The lowest BCUT2D eigenvalue weighted by Gasteiger charge is -2.06. The Labute approximate surface area is 99.9 Å². The van der Waals surface area contributed by atoms with Gasteiger partial charge in [0.05, 0.1) is 5.69 Å². The van der Waals surface area contributed by atoms with Crippen molar-refractivity contribution in [3.8, 4) is 0 Å². The molecule has 0 spiro atoms. The maximum absolute atomic E-state index is 5.70. The lowest BCUT2D eigenvalue weighted by molar-refractivity contribution is 0.746. The Morgan fingerprint density at radius 3 is 2.82 bits per heavy atom. The summed E-state index contributed by atoms with van der Waals surface area (Å²) in [6.07, 6.45) is 6.09. The van der Waals surface area contributed by atoms with Crippen molar-refractivity contribution in [2.45, 2.75) is 19.9 Å². The molecule has 0 atom stereocenters. The van der Waals surface area contributed by atoms with Gasteiger partial charge in [0.2, 0.25) is 0 Å². The molecular formula is C11H16N6. The number of hydrogen-bond acceptors (Lipinski definition) is 5. The maximum atomic E-state index is 5.70. The van der Waals surface area contributed by atoms with E-state index in [1.807, 2.05) is 17.9 Å². The monoisotopic (exact) mass is 232 g/mol. The maximum Gasteiger partial charge on any atom is 0.169 e. The first-order chi connectivity index (χ1) is 8.20. The van der Waals surface area contributed by atoms with Gasteiger partial charge >= 0.3 is 0 Å². The van der Waals surface area contributed by atoms with Gasteiger partial charge in [-0.15, -0.1) is 0 Å². The van der Waals surface area contributed by atoms with Crippen molar-refractivity contribution < 1.29 is 0 Å². The summed E-state index contributed by atoms with van der Waals surface area (Å²) < 4.78 is 1.82. The highest BCUT2D eigenvalue weighted by molar-refractivity contribution is 5.55. The molecule has 0 amide bonds. The molecule has 0 radical (unpaired) electrons. The van der Waals surface area contributed by atoms with Crippen LogP contribution in [0.5, 0.6) is 0 Å². The van der Waals surface area contributed by atoms with Crippen LogP contribution in [0.1, 0.15) is 18.2 Å². The van der Waals surface area contributed by atoms with Gasteiger partial charge in [-0.2, -0.15) is 5.10 Å². The van der Waals surface area contributed by atoms with Crippen LogP contribution in [0.25, 0.3) is 0 Å². The molecule has 6 nitrogen and oxygen atoms in total. The zero-order valence-electron chi connectivity index (χ0n) is 10.0. The molecule has 17 heavy (non-hydrogen) atoms. The third-order valence-electron chi connectivity index (χ3n) is 2.50. The third-order valence-corrected chi connectivity index (χ3v) is 2.50. The quantitative estimate of drug-likeness (QED) is 0.820. The molecule has 0 aromatic carbocycles. The predicted molar refractivity (Wildman–Crippen MR) is 66.4 cm³/mol. The minimum absolute atomic E-state index is 0.412. The van der Waals surface area contributed by atoms with Crippen LogP contribution in [0.3, 0.4) is 0 Å². The van der Waals surface area contributed by atoms with Crippen LogP contribution in [0.15, 0.2) is 18.6 Å². The molecule has 0 aliphatic heterocycles. The lowest BCUT2D eigenvalue weighted by Crippen LogP contribution is -2.06. The molecule has 0 bridgehead atoms. The highest BCUT2D eigenvalue weighted by Crippen LogP contribution is 2.13. The van der Waals surface area contributed by atoms with Crippen LogP contribution < -0.4 is 11.1 Å². The fourth-order valence-electron chi connectivity index (χ4n) is 1.69. The summed E-state index contributed by atoms with van der Waals surface area (Å²) >= 11 is 0. The highest BCUT2D eigenvalue weighted by atomic mass is 15.3. The summed E-state index contributed by atoms with van der Waals surface area (Å²) in [6.45, 7) is 2.74. The summed E-state index contributed by atoms with van der Waals surface area (Å²) in [5.74, 6) is 1.02. The molecule has 0 aliphatic rings. The normalized spacial score (nSPS) is 10.5. The van der Waals surface area contributed by atoms with Crippen LogP contribution >= 0.6 is 0 Å². The van der Waals surface area contributed by atoms with E-state index in [1.54, 1.807) is 12.4 Å². The van der Waals surface area contributed by atoms with E-state index in [-0.39, 0.29) is 0 Å². The Morgan fingerprint density at radius 1 is 1.35 bits per heavy atom. The Bertz CT molecular complexity index is 504. The predicted octanol–water partition coefficient (Wildman–Crippen LogP) is 0.967. The van der Waals surface area contributed by atoms with Crippen molar-refractivity contribution in [2.75, 3.05) is 11.1 Å². The largest absolute Gasteiger partial charge is 0.381 e. The summed E-state index contributed by atoms with van der Waals surface area (Å²) in [7, 11) is 1.92. The van der Waals surface area contributed by atoms with Crippen molar-refractivity contribution >= 4 is 11.6 Å². The third kappa shape index (κ3) is 2.52. The minimum atomic E-state index is 0.412. The van der Waals surface area contributed by atoms with Crippen molar-refractivity contribution in [1.82, 2.24) is 19.7 Å². The number of nitrogen functional groups attached to an aromatic ring is 1. The SMILES string of the molecule is CCc1nn(C)cc1CNc1nccnc1N. The molecule has 0 unspecified atom stereocenters. The Hall–Kier alpha value is -2.11. The van der Waals surface area contributed by atoms with E-state index in [9.17, 15) is 0 Å². The van der Waals surface area contributed by atoms with Crippen molar-refractivity contribution in [3.63, 3.8) is 0 Å². The molecule has 3 N–H and O–H groups in total. The van der Waals surface area contributed by atoms with E-state index in [0.717, 1.165) is 17.7 Å². The lowest BCUT2D eigenvalue weighted by atomic mass is 10.2. The standard InChI is InChI=1S/C11H16N6/c1-3-9-8(7-17(2)16-9)6-15-11-10(12)13-4-5-14-11/h4-5,7H,3,6H2,1-2H3,(H2,12,13)(H,14,15). The van der Waals surface area contributed by atoms with Gasteiger partial charge in [-0.05, 0) is 6.42 Å². The number of aryl methyl sites for hydroxylation is 2. The van der Waals surface area contributed by atoms with Crippen LogP contribution in [0.4, 0.5) is 11.6 Å². The van der Waals surface area contributed by atoms with Gasteiger partial charge < -0.3 is 11.1 Å². The smallest absolute Gasteiger partial charge is 0.169 e. The molecule has 0 aliphatic carbocycles. The molecule has 2 aromatic rings. The number of nitrogens with zero attached hydrogens (tertiary/aromatic N) is 4. The average molecular weight is 232 g/mol. The summed E-state index contributed by atoms with van der Waals surface area (Å²) in [5, 5.41) is 7.54. The molecule has 2 heterocycles. The zero-order valence-corrected chi connectivity index (χ0v) is 10.0. The number of rotatable bonds is 4. The summed E-state index contributed by atoms with van der Waals surface area (Å²) in [5.41, 5.74) is 7.94. The summed E-state index contributed by atoms with van der Waals surface area (Å²) in [4.78, 5) is 8.10. The fourth-order valence-corrected chi connectivity index (χ4v) is 1.69. The van der Waals surface area contributed by atoms with Gasteiger partial charge in [0.15, 0.2) is 11.6 Å². The highest BCUT2D eigenvalue weighted by Gasteiger charge is 2.07. The number of nitrogens with one attached hydrogen (secondary N) is 1. The number of anilines is 2. The molecule has 2 aromatic heterocycles. The molecule has 90 valence electrons. The molecule has 0 saturated carbocycles. The van der Waals surface area contributed by atoms with Crippen LogP contribution in [0, 0.1) is 0 Å². The van der Waals surface area contributed by atoms with Crippen LogP contribution in [-0.4, -0.2) is 19.7 Å². The van der Waals surface area contributed by atoms with Crippen molar-refractivity contribution in [2.24, 2.45) is 7.05 Å². The van der Waals surface area contributed by atoms with Gasteiger partial charge in [0.1, 0.15) is 0 Å². The van der Waals surface area contributed by atoms with Gasteiger partial charge in [-0.25, -0.2) is 9.97 Å². The zero-order chi connectivity index (χ0) is 12.3. The van der Waals surface area contributed by atoms with E-state index in [1.165, 1.54) is 0 Å². The first-order valence-corrected chi connectivity index (χ1v) is 5.52. The molecule has 0 saturated heterocycles. The Balaban J connectivity index is 2.09. The second-order valence-corrected chi connectivity index (χ2v) is 3.77. The second-order valence-electron chi connectivity index (χ2n) is 3.77. The van der Waals surface area contributed by atoms with E-state index < -0.39 is 0 Å².